The van der Waals surface area contributed by atoms with E-state index in [9.17, 15) is 13.2 Å². The normalized spacial score (nSPS) is 20.1. The first kappa shape index (κ1) is 20.7. The molecular weight excluding hydrogens is 348 g/mol. The van der Waals surface area contributed by atoms with Gasteiger partial charge in [-0.1, -0.05) is 44.2 Å². The molecule has 1 aliphatic heterocycles. The van der Waals surface area contributed by atoms with Crippen LogP contribution in [0.25, 0.3) is 0 Å². The summed E-state index contributed by atoms with van der Waals surface area (Å²) in [5.74, 6) is 1.48. The number of hydrogen-bond acceptors (Lipinski definition) is 3. The lowest BCUT2D eigenvalue weighted by Gasteiger charge is -2.24. The molecule has 1 aliphatic rings. The van der Waals surface area contributed by atoms with Crippen molar-refractivity contribution < 1.29 is 13.2 Å². The van der Waals surface area contributed by atoms with Crippen molar-refractivity contribution in [3.05, 3.63) is 35.9 Å². The highest BCUT2D eigenvalue weighted by molar-refractivity contribution is 7.91. The predicted molar refractivity (Wildman–Crippen MR) is 106 cm³/mol. The van der Waals surface area contributed by atoms with Crippen LogP contribution in [0.5, 0.6) is 0 Å². The van der Waals surface area contributed by atoms with Gasteiger partial charge in [0.1, 0.15) is 0 Å². The molecule has 2 unspecified atom stereocenters. The highest BCUT2D eigenvalue weighted by atomic mass is 32.2. The third-order valence-electron chi connectivity index (χ3n) is 4.92. The molecule has 2 rings (SSSR count). The first-order valence-corrected chi connectivity index (χ1v) is 11.3. The van der Waals surface area contributed by atoms with Gasteiger partial charge in [-0.05, 0) is 42.6 Å². The molecule has 2 atom stereocenters. The van der Waals surface area contributed by atoms with Gasteiger partial charge < -0.3 is 10.2 Å². The smallest absolute Gasteiger partial charge is 0.317 e. The van der Waals surface area contributed by atoms with E-state index in [1.807, 2.05) is 18.2 Å². The fraction of sp³-hybridized carbons (Fsp3) is 0.650. The minimum absolute atomic E-state index is 0.0616. The summed E-state index contributed by atoms with van der Waals surface area (Å²) in [6, 6.07) is 10.2. The number of nitrogens with zero attached hydrogens (tertiary/aromatic N) is 1. The largest absolute Gasteiger partial charge is 0.338 e. The monoisotopic (exact) mass is 380 g/mol. The Labute approximate surface area is 158 Å². The maximum absolute atomic E-state index is 12.4. The first-order valence-electron chi connectivity index (χ1n) is 9.48. The molecule has 1 heterocycles. The van der Waals surface area contributed by atoms with Crippen molar-refractivity contribution in [2.45, 2.75) is 33.1 Å². The Morgan fingerprint density at radius 3 is 2.54 bits per heavy atom. The summed E-state index contributed by atoms with van der Waals surface area (Å²) < 4.78 is 23.1. The fourth-order valence-electron chi connectivity index (χ4n) is 3.71. The summed E-state index contributed by atoms with van der Waals surface area (Å²) in [4.78, 5) is 14.0. The van der Waals surface area contributed by atoms with Crippen molar-refractivity contribution >= 4 is 15.9 Å². The zero-order chi connectivity index (χ0) is 19.2. The van der Waals surface area contributed by atoms with Gasteiger partial charge in [0.05, 0.1) is 11.5 Å². The van der Waals surface area contributed by atoms with Crippen LogP contribution >= 0.6 is 0 Å². The molecule has 0 aliphatic carbocycles. The molecule has 0 spiro atoms. The van der Waals surface area contributed by atoms with E-state index in [0.717, 1.165) is 12.8 Å². The first-order chi connectivity index (χ1) is 12.2. The van der Waals surface area contributed by atoms with Crippen LogP contribution in [0.15, 0.2) is 30.3 Å². The summed E-state index contributed by atoms with van der Waals surface area (Å²) in [5, 5.41) is 3.04. The van der Waals surface area contributed by atoms with E-state index in [-0.39, 0.29) is 23.5 Å². The van der Waals surface area contributed by atoms with Crippen LogP contribution in [-0.2, 0) is 16.3 Å². The van der Waals surface area contributed by atoms with Crippen LogP contribution in [0.3, 0.4) is 0 Å². The van der Waals surface area contributed by atoms with E-state index in [4.69, 9.17) is 0 Å². The molecular formula is C20H32N2O3S. The Bertz CT molecular complexity index is 674. The minimum Gasteiger partial charge on any atom is -0.338 e. The third-order valence-corrected chi connectivity index (χ3v) is 6.76. The van der Waals surface area contributed by atoms with Gasteiger partial charge in [0.15, 0.2) is 9.84 Å². The Morgan fingerprint density at radius 2 is 1.96 bits per heavy atom. The van der Waals surface area contributed by atoms with Crippen molar-refractivity contribution in [3.8, 4) is 0 Å². The second kappa shape index (κ2) is 9.40. The lowest BCUT2D eigenvalue weighted by atomic mass is 9.91. The zero-order valence-electron chi connectivity index (χ0n) is 16.1. The van der Waals surface area contributed by atoms with Gasteiger partial charge in [-0.15, -0.1) is 0 Å². The van der Waals surface area contributed by atoms with Crippen LogP contribution in [0.2, 0.25) is 0 Å². The van der Waals surface area contributed by atoms with Gasteiger partial charge in [-0.3, -0.25) is 0 Å². The van der Waals surface area contributed by atoms with Gasteiger partial charge in [0, 0.05) is 20.1 Å². The molecule has 0 bridgehead atoms. The number of amides is 2. The molecule has 6 heteroatoms. The Hall–Kier alpha value is -1.56. The number of carbonyl (C=O) groups is 1. The molecule has 0 saturated carbocycles. The molecule has 1 aromatic rings. The summed E-state index contributed by atoms with van der Waals surface area (Å²) >= 11 is 0. The number of carbonyl (C=O) groups excluding carboxylic acids is 1. The van der Waals surface area contributed by atoms with Gasteiger partial charge in [0.2, 0.25) is 0 Å². The minimum atomic E-state index is -2.90. The summed E-state index contributed by atoms with van der Waals surface area (Å²) in [6.07, 6.45) is 2.66. The van der Waals surface area contributed by atoms with E-state index >= 15 is 0 Å². The topological polar surface area (TPSA) is 66.5 Å². The van der Waals surface area contributed by atoms with Crippen LogP contribution in [0.1, 0.15) is 32.3 Å². The molecule has 1 aromatic carbocycles. The highest BCUT2D eigenvalue weighted by Crippen LogP contribution is 2.19. The lowest BCUT2D eigenvalue weighted by Crippen LogP contribution is -2.42. The highest BCUT2D eigenvalue weighted by Gasteiger charge is 2.29. The lowest BCUT2D eigenvalue weighted by molar-refractivity contribution is 0.199. The van der Waals surface area contributed by atoms with E-state index < -0.39 is 9.84 Å². The molecule has 5 nitrogen and oxygen atoms in total. The Balaban J connectivity index is 1.83. The molecule has 26 heavy (non-hydrogen) atoms. The van der Waals surface area contributed by atoms with Crippen molar-refractivity contribution in [1.29, 1.82) is 0 Å². The summed E-state index contributed by atoms with van der Waals surface area (Å²) in [6.45, 7) is 5.54. The van der Waals surface area contributed by atoms with E-state index in [2.05, 4.69) is 31.3 Å². The summed E-state index contributed by atoms with van der Waals surface area (Å²) in [5.41, 5.74) is 1.29. The zero-order valence-corrected chi connectivity index (χ0v) is 17.0. The van der Waals surface area contributed by atoms with E-state index in [1.165, 1.54) is 5.56 Å². The van der Waals surface area contributed by atoms with Gasteiger partial charge in [0.25, 0.3) is 0 Å². The predicted octanol–water partition coefficient (Wildman–Crippen LogP) is 2.97. The molecule has 1 saturated heterocycles. The van der Waals surface area contributed by atoms with Gasteiger partial charge >= 0.3 is 6.03 Å². The SMILES string of the molecule is CC(C)CC(CNC(=O)N(C)CC1CCS(=O)(=O)C1)Cc1ccccc1. The maximum Gasteiger partial charge on any atom is 0.317 e. The van der Waals surface area contributed by atoms with E-state index in [0.29, 0.717) is 31.3 Å². The number of hydrogen-bond donors (Lipinski definition) is 1. The average Bonchev–Trinajstić information content (AvgIpc) is 2.91. The van der Waals surface area contributed by atoms with Gasteiger partial charge in [-0.25, -0.2) is 13.2 Å². The quantitative estimate of drug-likeness (QED) is 0.754. The van der Waals surface area contributed by atoms with Crippen molar-refractivity contribution in [1.82, 2.24) is 10.2 Å². The third kappa shape index (κ3) is 6.98. The number of sulfone groups is 1. The molecule has 1 N–H and O–H groups in total. The number of urea groups is 1. The molecule has 146 valence electrons. The number of rotatable bonds is 8. The number of nitrogens with one attached hydrogen (secondary N) is 1. The maximum atomic E-state index is 12.4. The average molecular weight is 381 g/mol. The van der Waals surface area contributed by atoms with Crippen LogP contribution in [0, 0.1) is 17.8 Å². The molecule has 2 amide bonds. The van der Waals surface area contributed by atoms with Crippen molar-refractivity contribution in [3.63, 3.8) is 0 Å². The Kier molecular flexibility index (Phi) is 7.50. The Morgan fingerprint density at radius 1 is 1.27 bits per heavy atom. The fourth-order valence-corrected chi connectivity index (χ4v) is 5.56. The van der Waals surface area contributed by atoms with Crippen LogP contribution in [0.4, 0.5) is 4.79 Å². The van der Waals surface area contributed by atoms with Crippen molar-refractivity contribution in [2.24, 2.45) is 17.8 Å². The molecule has 0 radical (unpaired) electrons. The molecule has 0 aromatic heterocycles. The van der Waals surface area contributed by atoms with Crippen LogP contribution < -0.4 is 5.32 Å². The van der Waals surface area contributed by atoms with Crippen molar-refractivity contribution in [2.75, 3.05) is 31.6 Å². The van der Waals surface area contributed by atoms with E-state index in [1.54, 1.807) is 11.9 Å². The van der Waals surface area contributed by atoms with Gasteiger partial charge in [-0.2, -0.15) is 0 Å². The van der Waals surface area contributed by atoms with Crippen LogP contribution in [-0.4, -0.2) is 51.0 Å². The standard InChI is InChI=1S/C20H32N2O3S/c1-16(2)11-19(12-17-7-5-4-6-8-17)13-21-20(23)22(3)14-18-9-10-26(24,25)15-18/h4-8,16,18-19H,9-15H2,1-3H3,(H,21,23). The molecule has 1 fully saturated rings. The summed E-state index contributed by atoms with van der Waals surface area (Å²) in [7, 11) is -1.15. The second-order valence-electron chi connectivity index (χ2n) is 8.02. The number of benzene rings is 1. The second-order valence-corrected chi connectivity index (χ2v) is 10.2.